The van der Waals surface area contributed by atoms with Crippen molar-refractivity contribution in [3.05, 3.63) is 35.4 Å². The van der Waals surface area contributed by atoms with E-state index in [-0.39, 0.29) is 5.78 Å². The van der Waals surface area contributed by atoms with Crippen molar-refractivity contribution in [2.45, 2.75) is 31.8 Å². The molecule has 4 nitrogen and oxygen atoms in total. The molecular weight excluding hydrogens is 218 g/mol. The van der Waals surface area contributed by atoms with E-state index in [2.05, 4.69) is 5.32 Å². The summed E-state index contributed by atoms with van der Waals surface area (Å²) >= 11 is 0. The highest BCUT2D eigenvalue weighted by Gasteiger charge is 2.32. The molecule has 1 aromatic carbocycles. The maximum Gasteiger partial charge on any atom is 0.321 e. The van der Waals surface area contributed by atoms with Gasteiger partial charge in [0.2, 0.25) is 0 Å². The summed E-state index contributed by atoms with van der Waals surface area (Å²) in [7, 11) is 0. The Balaban J connectivity index is 2.39. The number of benzene rings is 1. The molecule has 4 heteroatoms. The third-order valence-corrected chi connectivity index (χ3v) is 3.13. The molecule has 2 unspecified atom stereocenters. The number of carboxylic acid groups (broad SMARTS) is 1. The van der Waals surface area contributed by atoms with Crippen molar-refractivity contribution < 1.29 is 14.7 Å². The number of rotatable bonds is 3. The van der Waals surface area contributed by atoms with Crippen LogP contribution in [0, 0.1) is 0 Å². The summed E-state index contributed by atoms with van der Waals surface area (Å²) in [5.41, 5.74) is 1.86. The van der Waals surface area contributed by atoms with Gasteiger partial charge in [-0.15, -0.1) is 0 Å². The van der Waals surface area contributed by atoms with Crippen LogP contribution in [0.5, 0.6) is 0 Å². The molecule has 2 rings (SSSR count). The molecule has 2 N–H and O–H groups in total. The number of Topliss-reactive ketones (excluding diaryl/α,β-unsaturated/α-hetero) is 1. The molecule has 0 bridgehead atoms. The lowest BCUT2D eigenvalue weighted by atomic mass is 9.87. The minimum atomic E-state index is -0.909. The third-order valence-electron chi connectivity index (χ3n) is 3.13. The van der Waals surface area contributed by atoms with Gasteiger partial charge in [0.25, 0.3) is 0 Å². The van der Waals surface area contributed by atoms with E-state index in [1.54, 1.807) is 6.92 Å². The topological polar surface area (TPSA) is 66.4 Å². The van der Waals surface area contributed by atoms with Gasteiger partial charge in [0.1, 0.15) is 6.04 Å². The fraction of sp³-hybridized carbons (Fsp3) is 0.385. The molecule has 1 aliphatic heterocycles. The Bertz CT molecular complexity index is 456. The smallest absolute Gasteiger partial charge is 0.321 e. The number of aliphatic carboxylic acids is 1. The van der Waals surface area contributed by atoms with E-state index in [0.717, 1.165) is 11.1 Å². The average Bonchev–Trinajstić information content (AvgIpc) is 2.36. The minimum Gasteiger partial charge on any atom is -0.480 e. The second-order valence-corrected chi connectivity index (χ2v) is 4.21. The van der Waals surface area contributed by atoms with Crippen LogP contribution in [0.15, 0.2) is 24.3 Å². The van der Waals surface area contributed by atoms with Crippen molar-refractivity contribution >= 4 is 11.8 Å². The van der Waals surface area contributed by atoms with Crippen LogP contribution in [-0.2, 0) is 16.0 Å². The number of carbonyl (C=O) groups is 2. The Labute approximate surface area is 99.6 Å². The van der Waals surface area contributed by atoms with E-state index < -0.39 is 18.1 Å². The van der Waals surface area contributed by atoms with Gasteiger partial charge < -0.3 is 5.11 Å². The first kappa shape index (κ1) is 11.8. The van der Waals surface area contributed by atoms with Crippen LogP contribution < -0.4 is 5.32 Å². The van der Waals surface area contributed by atoms with Crippen LogP contribution in [0.25, 0.3) is 0 Å². The lowest BCUT2D eigenvalue weighted by molar-refractivity contribution is -0.140. The molecule has 0 fully saturated rings. The van der Waals surface area contributed by atoms with E-state index in [1.807, 2.05) is 24.3 Å². The first-order chi connectivity index (χ1) is 8.13. The monoisotopic (exact) mass is 233 g/mol. The summed E-state index contributed by atoms with van der Waals surface area (Å²) < 4.78 is 0. The van der Waals surface area contributed by atoms with E-state index in [1.165, 1.54) is 0 Å². The predicted molar refractivity (Wildman–Crippen MR) is 62.7 cm³/mol. The first-order valence-electron chi connectivity index (χ1n) is 5.73. The van der Waals surface area contributed by atoms with Crippen molar-refractivity contribution in [3.8, 4) is 0 Å². The predicted octanol–water partition coefficient (Wildman–Crippen LogP) is 1.31. The summed E-state index contributed by atoms with van der Waals surface area (Å²) in [5.74, 6) is -0.878. The second kappa shape index (κ2) is 4.67. The quantitative estimate of drug-likeness (QED) is 0.826. The number of hydrogen-bond acceptors (Lipinski definition) is 3. The largest absolute Gasteiger partial charge is 0.480 e. The maximum atomic E-state index is 11.8. The van der Waals surface area contributed by atoms with E-state index in [0.29, 0.717) is 12.8 Å². The standard InChI is InChI=1S/C13H15NO3/c1-2-11(15)12-9-6-4-3-5-8(9)7-10(14-12)13(16)17/h3-6,10,12,14H,2,7H2,1H3,(H,16,17). The Hall–Kier alpha value is -1.68. The van der Waals surface area contributed by atoms with Gasteiger partial charge >= 0.3 is 5.97 Å². The molecule has 0 radical (unpaired) electrons. The van der Waals surface area contributed by atoms with Gasteiger partial charge in [0, 0.05) is 6.42 Å². The molecule has 0 spiro atoms. The number of carboxylic acids is 1. The lowest BCUT2D eigenvalue weighted by Gasteiger charge is -2.30. The van der Waals surface area contributed by atoms with Crippen LogP contribution in [0.1, 0.15) is 30.5 Å². The van der Waals surface area contributed by atoms with Crippen molar-refractivity contribution in [1.82, 2.24) is 5.32 Å². The highest BCUT2D eigenvalue weighted by Crippen LogP contribution is 2.26. The summed E-state index contributed by atoms with van der Waals surface area (Å²) in [6, 6.07) is 6.37. The number of ketones is 1. The highest BCUT2D eigenvalue weighted by molar-refractivity contribution is 5.87. The molecule has 1 aromatic rings. The van der Waals surface area contributed by atoms with Gasteiger partial charge in [-0.1, -0.05) is 31.2 Å². The van der Waals surface area contributed by atoms with E-state index >= 15 is 0 Å². The van der Waals surface area contributed by atoms with E-state index in [9.17, 15) is 9.59 Å². The van der Waals surface area contributed by atoms with Gasteiger partial charge in [-0.3, -0.25) is 14.9 Å². The Morgan fingerprint density at radius 3 is 2.76 bits per heavy atom. The Morgan fingerprint density at radius 2 is 2.12 bits per heavy atom. The van der Waals surface area contributed by atoms with Crippen LogP contribution in [0.3, 0.4) is 0 Å². The van der Waals surface area contributed by atoms with Crippen molar-refractivity contribution in [1.29, 1.82) is 0 Å². The molecule has 1 heterocycles. The van der Waals surface area contributed by atoms with Crippen LogP contribution >= 0.6 is 0 Å². The zero-order valence-corrected chi connectivity index (χ0v) is 9.64. The van der Waals surface area contributed by atoms with Crippen molar-refractivity contribution in [2.24, 2.45) is 0 Å². The minimum absolute atomic E-state index is 0.0309. The van der Waals surface area contributed by atoms with Crippen molar-refractivity contribution in [3.63, 3.8) is 0 Å². The van der Waals surface area contributed by atoms with Gasteiger partial charge in [0.05, 0.1) is 6.04 Å². The normalized spacial score (nSPS) is 22.9. The number of carbonyl (C=O) groups excluding carboxylic acids is 1. The summed E-state index contributed by atoms with van der Waals surface area (Å²) in [6.07, 6.45) is 0.831. The lowest BCUT2D eigenvalue weighted by Crippen LogP contribution is -2.47. The zero-order valence-electron chi connectivity index (χ0n) is 9.64. The summed E-state index contributed by atoms with van der Waals surface area (Å²) in [5, 5.41) is 12.0. The van der Waals surface area contributed by atoms with E-state index in [4.69, 9.17) is 5.11 Å². The molecule has 1 aliphatic rings. The first-order valence-corrected chi connectivity index (χ1v) is 5.73. The SMILES string of the molecule is CCC(=O)C1NC(C(=O)O)Cc2ccccc21. The van der Waals surface area contributed by atoms with Gasteiger partial charge in [-0.25, -0.2) is 0 Å². The summed E-state index contributed by atoms with van der Waals surface area (Å²) in [4.78, 5) is 22.9. The molecule has 0 aliphatic carbocycles. The highest BCUT2D eigenvalue weighted by atomic mass is 16.4. The molecule has 0 amide bonds. The zero-order chi connectivity index (χ0) is 12.4. The number of fused-ring (bicyclic) bond motifs is 1. The summed E-state index contributed by atoms with van der Waals surface area (Å²) in [6.45, 7) is 1.79. The third kappa shape index (κ3) is 2.22. The molecular formula is C13H15NO3. The Morgan fingerprint density at radius 1 is 1.41 bits per heavy atom. The van der Waals surface area contributed by atoms with Crippen molar-refractivity contribution in [2.75, 3.05) is 0 Å². The molecule has 90 valence electrons. The number of hydrogen-bond donors (Lipinski definition) is 2. The average molecular weight is 233 g/mol. The molecule has 0 aromatic heterocycles. The molecule has 0 saturated heterocycles. The Kier molecular flexibility index (Phi) is 3.24. The maximum absolute atomic E-state index is 11.8. The molecule has 0 saturated carbocycles. The fourth-order valence-electron chi connectivity index (χ4n) is 2.20. The van der Waals surface area contributed by atoms with Gasteiger partial charge in [-0.05, 0) is 17.5 Å². The molecule has 2 atom stereocenters. The second-order valence-electron chi connectivity index (χ2n) is 4.21. The fourth-order valence-corrected chi connectivity index (χ4v) is 2.20. The van der Waals surface area contributed by atoms with Crippen LogP contribution in [-0.4, -0.2) is 22.9 Å². The molecule has 17 heavy (non-hydrogen) atoms. The van der Waals surface area contributed by atoms with Gasteiger partial charge in [0.15, 0.2) is 5.78 Å². The van der Waals surface area contributed by atoms with Gasteiger partial charge in [-0.2, -0.15) is 0 Å². The van der Waals surface area contributed by atoms with Crippen LogP contribution in [0.4, 0.5) is 0 Å². The van der Waals surface area contributed by atoms with Crippen LogP contribution in [0.2, 0.25) is 0 Å². The number of nitrogens with one attached hydrogen (secondary N) is 1.